The minimum Gasteiger partial charge on any atom is -0.454 e. The van der Waals surface area contributed by atoms with Crippen LogP contribution < -0.4 is 15.2 Å². The lowest BCUT2D eigenvalue weighted by molar-refractivity contribution is 0.174. The lowest BCUT2D eigenvalue weighted by atomic mass is 10.1. The van der Waals surface area contributed by atoms with E-state index in [1.54, 1.807) is 12.1 Å². The lowest BCUT2D eigenvalue weighted by Gasteiger charge is -2.09. The van der Waals surface area contributed by atoms with Crippen LogP contribution in [0.4, 0.5) is 0 Å². The van der Waals surface area contributed by atoms with Gasteiger partial charge < -0.3 is 19.7 Å². The van der Waals surface area contributed by atoms with Crippen molar-refractivity contribution in [3.8, 4) is 11.5 Å². The van der Waals surface area contributed by atoms with E-state index in [4.69, 9.17) is 31.3 Å². The molecule has 2 N–H and O–H groups in total. The van der Waals surface area contributed by atoms with Gasteiger partial charge in [-0.3, -0.25) is 0 Å². The predicted octanol–water partition coefficient (Wildman–Crippen LogP) is 2.62. The molecule has 1 aromatic heterocycles. The molecule has 0 aliphatic carbocycles. The molecule has 1 aliphatic heterocycles. The average Bonchev–Trinajstić information content (AvgIpc) is 3.06. The van der Waals surface area contributed by atoms with Crippen molar-refractivity contribution >= 4 is 11.6 Å². The second-order valence-corrected chi connectivity index (χ2v) is 5.27. The maximum atomic E-state index is 6.15. The molecule has 3 rings (SSSR count). The number of benzene rings is 1. The first-order valence-electron chi connectivity index (χ1n) is 6.24. The first-order chi connectivity index (χ1) is 9.56. The van der Waals surface area contributed by atoms with Crippen LogP contribution in [-0.2, 0) is 0 Å². The number of hydrogen-bond acceptors (Lipinski definition) is 6. The second-order valence-electron chi connectivity index (χ2n) is 4.86. The van der Waals surface area contributed by atoms with E-state index in [-0.39, 0.29) is 12.7 Å². The van der Waals surface area contributed by atoms with Crippen LogP contribution >= 0.6 is 11.6 Å². The summed E-state index contributed by atoms with van der Waals surface area (Å²) in [6.45, 7) is 4.11. The summed E-state index contributed by atoms with van der Waals surface area (Å²) in [4.78, 5) is 4.29. The molecule has 7 heteroatoms. The fourth-order valence-electron chi connectivity index (χ4n) is 1.92. The topological polar surface area (TPSA) is 83.4 Å². The maximum absolute atomic E-state index is 6.15. The monoisotopic (exact) mass is 295 g/mol. The lowest BCUT2D eigenvalue weighted by Crippen LogP contribution is -2.13. The number of aromatic nitrogens is 2. The van der Waals surface area contributed by atoms with Gasteiger partial charge >= 0.3 is 0 Å². The van der Waals surface area contributed by atoms with Crippen LogP contribution in [-0.4, -0.2) is 16.9 Å². The molecule has 0 saturated heterocycles. The number of nitrogens with zero attached hydrogens (tertiary/aromatic N) is 2. The Morgan fingerprint density at radius 1 is 1.30 bits per heavy atom. The number of ether oxygens (including phenoxy) is 2. The molecule has 0 radical (unpaired) electrons. The molecule has 1 aromatic carbocycles. The summed E-state index contributed by atoms with van der Waals surface area (Å²) >= 11 is 6.14. The summed E-state index contributed by atoms with van der Waals surface area (Å²) < 4.78 is 15.7. The zero-order chi connectivity index (χ0) is 14.3. The SMILES string of the molecule is CC(C)c1nc(C(N)c2cc(Cl)c3c(c2)OCO3)no1. The Kier molecular flexibility index (Phi) is 3.27. The number of nitrogens with two attached hydrogens (primary N) is 1. The molecule has 0 bridgehead atoms. The van der Waals surface area contributed by atoms with Gasteiger partial charge in [0.25, 0.3) is 0 Å². The highest BCUT2D eigenvalue weighted by Crippen LogP contribution is 2.41. The fraction of sp³-hybridized carbons (Fsp3) is 0.385. The van der Waals surface area contributed by atoms with Crippen molar-refractivity contribution in [3.05, 3.63) is 34.4 Å². The molecule has 0 spiro atoms. The number of fused-ring (bicyclic) bond motifs is 1. The van der Waals surface area contributed by atoms with Gasteiger partial charge in [-0.1, -0.05) is 30.6 Å². The minimum absolute atomic E-state index is 0.156. The Labute approximate surface area is 120 Å². The van der Waals surface area contributed by atoms with Crippen LogP contribution in [0.15, 0.2) is 16.7 Å². The summed E-state index contributed by atoms with van der Waals surface area (Å²) in [5.74, 6) is 2.25. The van der Waals surface area contributed by atoms with Crippen LogP contribution in [0.3, 0.4) is 0 Å². The molecule has 6 nitrogen and oxygen atoms in total. The number of rotatable bonds is 3. The highest BCUT2D eigenvalue weighted by molar-refractivity contribution is 6.32. The average molecular weight is 296 g/mol. The fourth-order valence-corrected chi connectivity index (χ4v) is 2.20. The molecule has 0 saturated carbocycles. The largest absolute Gasteiger partial charge is 0.454 e. The van der Waals surface area contributed by atoms with Gasteiger partial charge in [-0.25, -0.2) is 0 Å². The van der Waals surface area contributed by atoms with Crippen molar-refractivity contribution < 1.29 is 14.0 Å². The van der Waals surface area contributed by atoms with E-state index in [9.17, 15) is 0 Å². The Balaban J connectivity index is 1.93. The molecule has 0 amide bonds. The van der Waals surface area contributed by atoms with Crippen LogP contribution in [0.2, 0.25) is 5.02 Å². The van der Waals surface area contributed by atoms with E-state index in [1.165, 1.54) is 0 Å². The van der Waals surface area contributed by atoms with E-state index >= 15 is 0 Å². The van der Waals surface area contributed by atoms with Crippen molar-refractivity contribution in [2.75, 3.05) is 6.79 Å². The molecule has 106 valence electrons. The van der Waals surface area contributed by atoms with Crippen LogP contribution in [0.25, 0.3) is 0 Å². The zero-order valence-corrected chi connectivity index (χ0v) is 11.8. The molecule has 2 heterocycles. The number of hydrogen-bond donors (Lipinski definition) is 1. The normalized spacial score (nSPS) is 14.8. The Bertz CT molecular complexity index is 642. The summed E-state index contributed by atoms with van der Waals surface area (Å²) in [7, 11) is 0. The van der Waals surface area contributed by atoms with Crippen molar-refractivity contribution in [2.24, 2.45) is 5.73 Å². The van der Waals surface area contributed by atoms with E-state index in [0.717, 1.165) is 5.56 Å². The highest BCUT2D eigenvalue weighted by atomic mass is 35.5. The molecular formula is C13H14ClN3O3. The summed E-state index contributed by atoms with van der Waals surface area (Å²) in [6.07, 6.45) is 0. The molecule has 1 unspecified atom stereocenters. The van der Waals surface area contributed by atoms with Gasteiger partial charge in [-0.05, 0) is 17.7 Å². The molecule has 2 aromatic rings. The van der Waals surface area contributed by atoms with Gasteiger partial charge in [0, 0.05) is 5.92 Å². The molecule has 1 atom stereocenters. The van der Waals surface area contributed by atoms with Crippen molar-refractivity contribution in [2.45, 2.75) is 25.8 Å². The van der Waals surface area contributed by atoms with E-state index in [1.807, 2.05) is 13.8 Å². The molecule has 1 aliphatic rings. The predicted molar refractivity (Wildman–Crippen MR) is 72.0 cm³/mol. The first kappa shape index (κ1) is 13.2. The molecule has 20 heavy (non-hydrogen) atoms. The van der Waals surface area contributed by atoms with Crippen LogP contribution in [0.1, 0.15) is 43.1 Å². The van der Waals surface area contributed by atoms with Gasteiger partial charge in [0.05, 0.1) is 11.1 Å². The van der Waals surface area contributed by atoms with Crippen LogP contribution in [0, 0.1) is 0 Å². The van der Waals surface area contributed by atoms with E-state index in [2.05, 4.69) is 10.1 Å². The standard InChI is InChI=1S/C13H14ClN3O3/c1-6(2)13-16-12(17-20-13)10(15)7-3-8(14)11-9(4-7)18-5-19-11/h3-4,6,10H,5,15H2,1-2H3. The molecular weight excluding hydrogens is 282 g/mol. The van der Waals surface area contributed by atoms with Gasteiger partial charge in [-0.15, -0.1) is 0 Å². The Morgan fingerprint density at radius 2 is 2.10 bits per heavy atom. The highest BCUT2D eigenvalue weighted by Gasteiger charge is 2.23. The van der Waals surface area contributed by atoms with E-state index in [0.29, 0.717) is 28.2 Å². The number of halogens is 1. The van der Waals surface area contributed by atoms with Gasteiger partial charge in [0.15, 0.2) is 17.3 Å². The van der Waals surface area contributed by atoms with Gasteiger partial charge in [-0.2, -0.15) is 4.98 Å². The quantitative estimate of drug-likeness (QED) is 0.937. The van der Waals surface area contributed by atoms with Gasteiger partial charge in [0.2, 0.25) is 12.7 Å². The summed E-state index contributed by atoms with van der Waals surface area (Å²) in [6, 6.07) is 2.98. The first-order valence-corrected chi connectivity index (χ1v) is 6.62. The van der Waals surface area contributed by atoms with Gasteiger partial charge in [0.1, 0.15) is 0 Å². The van der Waals surface area contributed by atoms with Crippen molar-refractivity contribution in [1.29, 1.82) is 0 Å². The summed E-state index contributed by atoms with van der Waals surface area (Å²) in [5, 5.41) is 4.37. The maximum Gasteiger partial charge on any atom is 0.231 e. The zero-order valence-electron chi connectivity index (χ0n) is 11.1. The Morgan fingerprint density at radius 3 is 2.80 bits per heavy atom. The third-order valence-electron chi connectivity index (χ3n) is 3.04. The van der Waals surface area contributed by atoms with Crippen LogP contribution in [0.5, 0.6) is 11.5 Å². The minimum atomic E-state index is -0.529. The third kappa shape index (κ3) is 2.21. The summed E-state index contributed by atoms with van der Waals surface area (Å²) in [5.41, 5.74) is 6.90. The van der Waals surface area contributed by atoms with Crippen molar-refractivity contribution in [1.82, 2.24) is 10.1 Å². The van der Waals surface area contributed by atoms with Crippen molar-refractivity contribution in [3.63, 3.8) is 0 Å². The molecule has 0 fully saturated rings. The second kappa shape index (κ2) is 4.96. The van der Waals surface area contributed by atoms with E-state index < -0.39 is 6.04 Å². The smallest absolute Gasteiger partial charge is 0.231 e. The third-order valence-corrected chi connectivity index (χ3v) is 3.32. The Hall–Kier alpha value is -1.79.